The number of hydrogen-bond donors (Lipinski definition) is 1. The number of rotatable bonds is 2. The summed E-state index contributed by atoms with van der Waals surface area (Å²) in [6, 6.07) is 9.81. The van der Waals surface area contributed by atoms with Crippen molar-refractivity contribution in [3.63, 3.8) is 0 Å². The van der Waals surface area contributed by atoms with Crippen molar-refractivity contribution in [1.82, 2.24) is 4.90 Å². The molecule has 0 heterocycles. The van der Waals surface area contributed by atoms with Gasteiger partial charge in [0.25, 0.3) is 0 Å². The molecule has 1 rings (SSSR count). The first-order valence-electron chi connectivity index (χ1n) is 3.78. The molecule has 2 heteroatoms. The molecule has 0 aliphatic rings. The van der Waals surface area contributed by atoms with E-state index in [-0.39, 0.29) is 0 Å². The van der Waals surface area contributed by atoms with Gasteiger partial charge in [-0.3, -0.25) is 5.41 Å². The van der Waals surface area contributed by atoms with E-state index < -0.39 is 0 Å². The molecule has 12 heavy (non-hydrogen) atoms. The standard InChI is InChI=1S/C10H12N2/c1-12(2)10(8-11)9-6-4-3-5-7-9/h3-7,11H,1-2H3. The minimum atomic E-state index is 0.801. The molecule has 62 valence electrons. The fraction of sp³-hybridized carbons (Fsp3) is 0.200. The molecule has 0 aliphatic heterocycles. The highest BCUT2D eigenvalue weighted by molar-refractivity contribution is 5.86. The molecule has 0 amide bonds. The van der Waals surface area contributed by atoms with Crippen LogP contribution in [0.1, 0.15) is 5.56 Å². The zero-order chi connectivity index (χ0) is 8.97. The Labute approximate surface area is 72.6 Å². The summed E-state index contributed by atoms with van der Waals surface area (Å²) in [5.41, 5.74) is 1.83. The van der Waals surface area contributed by atoms with Crippen molar-refractivity contribution in [2.24, 2.45) is 0 Å². The van der Waals surface area contributed by atoms with Gasteiger partial charge in [0.05, 0.1) is 0 Å². The van der Waals surface area contributed by atoms with Crippen LogP contribution in [-0.2, 0) is 0 Å². The molecule has 0 saturated carbocycles. The second-order valence-electron chi connectivity index (χ2n) is 2.73. The summed E-state index contributed by atoms with van der Waals surface area (Å²) in [5.74, 6) is 2.41. The number of benzene rings is 1. The first kappa shape index (κ1) is 8.57. The topological polar surface area (TPSA) is 27.1 Å². The van der Waals surface area contributed by atoms with Gasteiger partial charge in [-0.25, -0.2) is 0 Å². The van der Waals surface area contributed by atoms with Crippen molar-refractivity contribution in [2.45, 2.75) is 0 Å². The molecule has 0 bridgehead atoms. The average molecular weight is 160 g/mol. The van der Waals surface area contributed by atoms with Crippen LogP contribution in [0.15, 0.2) is 30.3 Å². The Balaban J connectivity index is 3.06. The van der Waals surface area contributed by atoms with Crippen molar-refractivity contribution < 1.29 is 0 Å². The lowest BCUT2D eigenvalue weighted by atomic mass is 10.1. The molecule has 2 nitrogen and oxygen atoms in total. The Morgan fingerprint density at radius 3 is 2.25 bits per heavy atom. The highest BCUT2D eigenvalue weighted by atomic mass is 15.1. The SMILES string of the molecule is CN(C)C(=C=N)c1ccccc1. The van der Waals surface area contributed by atoms with Gasteiger partial charge < -0.3 is 4.90 Å². The van der Waals surface area contributed by atoms with E-state index in [2.05, 4.69) is 5.87 Å². The highest BCUT2D eigenvalue weighted by Gasteiger charge is 2.00. The van der Waals surface area contributed by atoms with Gasteiger partial charge in [-0.05, 0) is 0 Å². The smallest absolute Gasteiger partial charge is 0.106 e. The zero-order valence-corrected chi connectivity index (χ0v) is 7.33. The van der Waals surface area contributed by atoms with Crippen LogP contribution in [0.2, 0.25) is 0 Å². The summed E-state index contributed by atoms with van der Waals surface area (Å²) in [6.07, 6.45) is 0. The summed E-state index contributed by atoms with van der Waals surface area (Å²) < 4.78 is 0. The summed E-state index contributed by atoms with van der Waals surface area (Å²) in [4.78, 5) is 1.88. The van der Waals surface area contributed by atoms with Gasteiger partial charge >= 0.3 is 0 Å². The molecule has 1 N–H and O–H groups in total. The van der Waals surface area contributed by atoms with Gasteiger partial charge in [0.15, 0.2) is 0 Å². The van der Waals surface area contributed by atoms with Gasteiger partial charge in [0.2, 0.25) is 0 Å². The maximum atomic E-state index is 7.10. The van der Waals surface area contributed by atoms with Crippen LogP contribution >= 0.6 is 0 Å². The van der Waals surface area contributed by atoms with Crippen molar-refractivity contribution in [3.8, 4) is 0 Å². The van der Waals surface area contributed by atoms with Crippen LogP contribution in [0, 0.1) is 5.41 Å². The molecule has 0 radical (unpaired) electrons. The number of nitrogens with one attached hydrogen (secondary N) is 1. The third kappa shape index (κ3) is 1.74. The highest BCUT2D eigenvalue weighted by Crippen LogP contribution is 2.11. The molecular formula is C10H12N2. The summed E-state index contributed by atoms with van der Waals surface area (Å²) >= 11 is 0. The second kappa shape index (κ2) is 3.74. The predicted octanol–water partition coefficient (Wildman–Crippen LogP) is 1.84. The minimum absolute atomic E-state index is 0.801. The third-order valence-electron chi connectivity index (χ3n) is 1.61. The lowest BCUT2D eigenvalue weighted by Gasteiger charge is -2.13. The first-order chi connectivity index (χ1) is 5.75. The maximum absolute atomic E-state index is 7.10. The second-order valence-corrected chi connectivity index (χ2v) is 2.73. The zero-order valence-electron chi connectivity index (χ0n) is 7.33. The van der Waals surface area contributed by atoms with E-state index in [4.69, 9.17) is 5.41 Å². The van der Waals surface area contributed by atoms with Crippen molar-refractivity contribution in [3.05, 3.63) is 35.9 Å². The Morgan fingerprint density at radius 2 is 1.83 bits per heavy atom. The molecule has 0 atom stereocenters. The first-order valence-corrected chi connectivity index (χ1v) is 3.78. The Kier molecular flexibility index (Phi) is 2.67. The van der Waals surface area contributed by atoms with E-state index in [0.717, 1.165) is 11.3 Å². The summed E-state index contributed by atoms with van der Waals surface area (Å²) in [5, 5.41) is 7.10. The third-order valence-corrected chi connectivity index (χ3v) is 1.61. The van der Waals surface area contributed by atoms with Crippen LogP contribution in [-0.4, -0.2) is 24.9 Å². The van der Waals surface area contributed by atoms with E-state index in [1.165, 1.54) is 0 Å². The molecule has 0 unspecified atom stereocenters. The van der Waals surface area contributed by atoms with Crippen molar-refractivity contribution in [2.75, 3.05) is 14.1 Å². The van der Waals surface area contributed by atoms with E-state index >= 15 is 0 Å². The molecule has 0 aliphatic carbocycles. The van der Waals surface area contributed by atoms with Gasteiger partial charge in [-0.1, -0.05) is 30.3 Å². The Hall–Kier alpha value is -1.53. The van der Waals surface area contributed by atoms with E-state index in [1.807, 2.05) is 49.3 Å². The number of hydrogen-bond acceptors (Lipinski definition) is 2. The lowest BCUT2D eigenvalue weighted by molar-refractivity contribution is 0.596. The van der Waals surface area contributed by atoms with Gasteiger partial charge in [-0.2, -0.15) is 0 Å². The van der Waals surface area contributed by atoms with Crippen LogP contribution in [0.4, 0.5) is 0 Å². The van der Waals surface area contributed by atoms with Gasteiger partial charge in [-0.15, -0.1) is 0 Å². The van der Waals surface area contributed by atoms with E-state index in [9.17, 15) is 0 Å². The fourth-order valence-corrected chi connectivity index (χ4v) is 1.04. The van der Waals surface area contributed by atoms with Crippen molar-refractivity contribution >= 4 is 11.6 Å². The molecular weight excluding hydrogens is 148 g/mol. The molecule has 0 aromatic heterocycles. The van der Waals surface area contributed by atoms with Crippen molar-refractivity contribution in [1.29, 1.82) is 5.41 Å². The predicted molar refractivity (Wildman–Crippen MR) is 51.3 cm³/mol. The van der Waals surface area contributed by atoms with E-state index in [1.54, 1.807) is 0 Å². The van der Waals surface area contributed by atoms with Crippen LogP contribution in [0.3, 0.4) is 0 Å². The molecule has 1 aromatic carbocycles. The molecule has 1 aromatic rings. The normalized spacial score (nSPS) is 8.83. The Bertz CT molecular complexity index is 295. The monoisotopic (exact) mass is 160 g/mol. The molecule has 0 spiro atoms. The summed E-state index contributed by atoms with van der Waals surface area (Å²) in [6.45, 7) is 0. The van der Waals surface area contributed by atoms with Crippen LogP contribution < -0.4 is 0 Å². The maximum Gasteiger partial charge on any atom is 0.106 e. The Morgan fingerprint density at radius 1 is 1.25 bits per heavy atom. The largest absolute Gasteiger partial charge is 0.370 e. The summed E-state index contributed by atoms with van der Waals surface area (Å²) in [7, 11) is 3.81. The molecule has 0 saturated heterocycles. The van der Waals surface area contributed by atoms with Crippen LogP contribution in [0.5, 0.6) is 0 Å². The minimum Gasteiger partial charge on any atom is -0.370 e. The quantitative estimate of drug-likeness (QED) is 0.656. The van der Waals surface area contributed by atoms with E-state index in [0.29, 0.717) is 0 Å². The number of nitrogens with zero attached hydrogens (tertiary/aromatic N) is 1. The molecule has 0 fully saturated rings. The fourth-order valence-electron chi connectivity index (χ4n) is 1.04. The van der Waals surface area contributed by atoms with Gasteiger partial charge in [0, 0.05) is 25.5 Å². The van der Waals surface area contributed by atoms with Crippen LogP contribution in [0.25, 0.3) is 5.70 Å². The van der Waals surface area contributed by atoms with Gasteiger partial charge in [0.1, 0.15) is 5.70 Å². The average Bonchev–Trinajstić information content (AvgIpc) is 2.07. The lowest BCUT2D eigenvalue weighted by Crippen LogP contribution is -2.10.